The van der Waals surface area contributed by atoms with Gasteiger partial charge in [-0.2, -0.15) is 0 Å². The quantitative estimate of drug-likeness (QED) is 0.543. The van der Waals surface area contributed by atoms with Crippen LogP contribution in [-0.2, 0) is 0 Å². The molecule has 0 saturated carbocycles. The maximum atomic E-state index is 3.99. The SMILES string of the molecule is C=C1NCCCCC[C@@H]1C. The van der Waals surface area contributed by atoms with E-state index in [0.717, 1.165) is 6.54 Å². The highest BCUT2D eigenvalue weighted by Gasteiger charge is 2.07. The lowest BCUT2D eigenvalue weighted by atomic mass is 9.98. The molecule has 0 radical (unpaired) electrons. The molecular weight excluding hydrogens is 122 g/mol. The van der Waals surface area contributed by atoms with Gasteiger partial charge in [-0.05, 0) is 18.8 Å². The van der Waals surface area contributed by atoms with Gasteiger partial charge in [-0.3, -0.25) is 0 Å². The minimum Gasteiger partial charge on any atom is -0.389 e. The second-order valence-corrected chi connectivity index (χ2v) is 3.20. The first-order chi connectivity index (χ1) is 4.80. The summed E-state index contributed by atoms with van der Waals surface area (Å²) < 4.78 is 0. The summed E-state index contributed by atoms with van der Waals surface area (Å²) in [5, 5.41) is 3.34. The van der Waals surface area contributed by atoms with Gasteiger partial charge in [0.2, 0.25) is 0 Å². The lowest BCUT2D eigenvalue weighted by molar-refractivity contribution is 0.478. The van der Waals surface area contributed by atoms with Gasteiger partial charge in [-0.15, -0.1) is 0 Å². The summed E-state index contributed by atoms with van der Waals surface area (Å²) in [6.07, 6.45) is 5.38. The molecule has 1 aliphatic heterocycles. The molecule has 1 heterocycles. The molecule has 0 aromatic heterocycles. The molecule has 1 aliphatic rings. The number of nitrogens with one attached hydrogen (secondary N) is 1. The fourth-order valence-corrected chi connectivity index (χ4v) is 1.35. The summed E-state index contributed by atoms with van der Waals surface area (Å²) in [4.78, 5) is 0. The summed E-state index contributed by atoms with van der Waals surface area (Å²) in [5.74, 6) is 0.681. The average molecular weight is 139 g/mol. The first-order valence-corrected chi connectivity index (χ1v) is 4.23. The molecule has 0 bridgehead atoms. The Balaban J connectivity index is 2.35. The van der Waals surface area contributed by atoms with Crippen molar-refractivity contribution in [1.29, 1.82) is 0 Å². The van der Waals surface area contributed by atoms with Crippen molar-refractivity contribution in [1.82, 2.24) is 5.32 Å². The standard InChI is InChI=1S/C9H17N/c1-8-6-4-3-5-7-10-9(8)2/h8,10H,2-7H2,1H3/t8-/m0/s1. The van der Waals surface area contributed by atoms with Gasteiger partial charge in [0.05, 0.1) is 0 Å². The highest BCUT2D eigenvalue weighted by atomic mass is 14.9. The zero-order chi connectivity index (χ0) is 7.40. The van der Waals surface area contributed by atoms with Crippen molar-refractivity contribution in [2.75, 3.05) is 6.54 Å². The third-order valence-corrected chi connectivity index (χ3v) is 2.26. The molecular formula is C9H17N. The van der Waals surface area contributed by atoms with Crippen LogP contribution in [0.1, 0.15) is 32.6 Å². The predicted octanol–water partition coefficient (Wildman–Crippen LogP) is 2.30. The highest BCUT2D eigenvalue weighted by Crippen LogP contribution is 2.16. The molecule has 58 valence electrons. The fraction of sp³-hybridized carbons (Fsp3) is 0.778. The normalized spacial score (nSPS) is 28.5. The van der Waals surface area contributed by atoms with Gasteiger partial charge in [0.25, 0.3) is 0 Å². The van der Waals surface area contributed by atoms with Crippen molar-refractivity contribution in [3.8, 4) is 0 Å². The molecule has 1 fully saturated rings. The number of allylic oxidation sites excluding steroid dienone is 1. The van der Waals surface area contributed by atoms with Crippen molar-refractivity contribution in [3.63, 3.8) is 0 Å². The minimum absolute atomic E-state index is 0.681. The third kappa shape index (κ3) is 2.05. The Morgan fingerprint density at radius 3 is 3.00 bits per heavy atom. The van der Waals surface area contributed by atoms with E-state index in [2.05, 4.69) is 18.8 Å². The van der Waals surface area contributed by atoms with Crippen LogP contribution in [0.15, 0.2) is 12.3 Å². The molecule has 0 unspecified atom stereocenters. The molecule has 0 aromatic carbocycles. The summed E-state index contributed by atoms with van der Waals surface area (Å²) in [5.41, 5.74) is 1.24. The number of hydrogen-bond acceptors (Lipinski definition) is 1. The Kier molecular flexibility index (Phi) is 2.79. The zero-order valence-electron chi connectivity index (χ0n) is 6.82. The largest absolute Gasteiger partial charge is 0.389 e. The Hall–Kier alpha value is -0.460. The van der Waals surface area contributed by atoms with Gasteiger partial charge < -0.3 is 5.32 Å². The van der Waals surface area contributed by atoms with Gasteiger partial charge in [-0.25, -0.2) is 0 Å². The molecule has 0 spiro atoms. The minimum atomic E-state index is 0.681. The fourth-order valence-electron chi connectivity index (χ4n) is 1.35. The van der Waals surface area contributed by atoms with Crippen LogP contribution >= 0.6 is 0 Å². The van der Waals surface area contributed by atoms with E-state index < -0.39 is 0 Å². The molecule has 1 saturated heterocycles. The van der Waals surface area contributed by atoms with Crippen LogP contribution < -0.4 is 5.32 Å². The summed E-state index contributed by atoms with van der Waals surface area (Å²) in [6, 6.07) is 0. The Morgan fingerprint density at radius 2 is 2.20 bits per heavy atom. The van der Waals surface area contributed by atoms with E-state index in [0.29, 0.717) is 5.92 Å². The van der Waals surface area contributed by atoms with Crippen LogP contribution in [0.4, 0.5) is 0 Å². The monoisotopic (exact) mass is 139 g/mol. The molecule has 0 aromatic rings. The maximum Gasteiger partial charge on any atom is 0.0143 e. The van der Waals surface area contributed by atoms with E-state index >= 15 is 0 Å². The van der Waals surface area contributed by atoms with Gasteiger partial charge >= 0.3 is 0 Å². The van der Waals surface area contributed by atoms with E-state index in [-0.39, 0.29) is 0 Å². The van der Waals surface area contributed by atoms with Crippen molar-refractivity contribution < 1.29 is 0 Å². The van der Waals surface area contributed by atoms with Crippen LogP contribution in [0, 0.1) is 5.92 Å². The lowest BCUT2D eigenvalue weighted by Crippen LogP contribution is -2.21. The number of hydrogen-bond donors (Lipinski definition) is 1. The first kappa shape index (κ1) is 7.64. The first-order valence-electron chi connectivity index (χ1n) is 4.23. The predicted molar refractivity (Wildman–Crippen MR) is 44.8 cm³/mol. The Bertz CT molecular complexity index is 118. The van der Waals surface area contributed by atoms with Crippen molar-refractivity contribution in [2.24, 2.45) is 5.92 Å². The summed E-state index contributed by atoms with van der Waals surface area (Å²) >= 11 is 0. The van der Waals surface area contributed by atoms with Gasteiger partial charge in [0.15, 0.2) is 0 Å². The molecule has 1 heteroatoms. The molecule has 1 atom stereocenters. The van der Waals surface area contributed by atoms with Crippen LogP contribution in [0.3, 0.4) is 0 Å². The summed E-state index contributed by atoms with van der Waals surface area (Å²) in [7, 11) is 0. The van der Waals surface area contributed by atoms with E-state index in [1.54, 1.807) is 0 Å². The van der Waals surface area contributed by atoms with Crippen LogP contribution in [-0.4, -0.2) is 6.54 Å². The van der Waals surface area contributed by atoms with E-state index in [9.17, 15) is 0 Å². The van der Waals surface area contributed by atoms with Gasteiger partial charge in [-0.1, -0.05) is 26.3 Å². The van der Waals surface area contributed by atoms with E-state index in [4.69, 9.17) is 0 Å². The molecule has 1 nitrogen and oxygen atoms in total. The van der Waals surface area contributed by atoms with E-state index in [1.165, 1.54) is 31.4 Å². The Labute approximate surface area is 63.5 Å². The Morgan fingerprint density at radius 1 is 1.40 bits per heavy atom. The van der Waals surface area contributed by atoms with Crippen LogP contribution in [0.5, 0.6) is 0 Å². The van der Waals surface area contributed by atoms with Gasteiger partial charge in [0.1, 0.15) is 0 Å². The van der Waals surface area contributed by atoms with Crippen molar-refractivity contribution >= 4 is 0 Å². The van der Waals surface area contributed by atoms with Crippen LogP contribution in [0.2, 0.25) is 0 Å². The average Bonchev–Trinajstić information content (AvgIpc) is 1.92. The van der Waals surface area contributed by atoms with Crippen molar-refractivity contribution in [2.45, 2.75) is 32.6 Å². The number of rotatable bonds is 0. The topological polar surface area (TPSA) is 12.0 Å². The smallest absolute Gasteiger partial charge is 0.0143 e. The molecule has 0 aliphatic carbocycles. The second kappa shape index (κ2) is 3.65. The second-order valence-electron chi connectivity index (χ2n) is 3.20. The molecule has 10 heavy (non-hydrogen) atoms. The van der Waals surface area contributed by atoms with Crippen molar-refractivity contribution in [3.05, 3.63) is 12.3 Å². The highest BCUT2D eigenvalue weighted by molar-refractivity contribution is 4.96. The van der Waals surface area contributed by atoms with Crippen LogP contribution in [0.25, 0.3) is 0 Å². The zero-order valence-corrected chi connectivity index (χ0v) is 6.82. The van der Waals surface area contributed by atoms with Gasteiger partial charge in [0, 0.05) is 12.2 Å². The molecule has 1 rings (SSSR count). The lowest BCUT2D eigenvalue weighted by Gasteiger charge is -2.19. The molecule has 0 amide bonds. The third-order valence-electron chi connectivity index (χ3n) is 2.26. The van der Waals surface area contributed by atoms with E-state index in [1.807, 2.05) is 0 Å². The maximum absolute atomic E-state index is 3.99. The molecule has 1 N–H and O–H groups in total. The summed E-state index contributed by atoms with van der Waals surface area (Å²) in [6.45, 7) is 7.36.